The summed E-state index contributed by atoms with van der Waals surface area (Å²) in [5, 5.41) is 1.14. The number of hydrogen-bond acceptors (Lipinski definition) is 4. The molecule has 0 fully saturated rings. The maximum absolute atomic E-state index is 13.6. The van der Waals surface area contributed by atoms with Crippen LogP contribution in [0.15, 0.2) is 51.7 Å². The van der Waals surface area contributed by atoms with E-state index in [9.17, 15) is 9.59 Å². The van der Waals surface area contributed by atoms with Crippen LogP contribution >= 0.6 is 11.6 Å². The number of halogens is 1. The number of carbonyl (C=O) groups is 1. The summed E-state index contributed by atoms with van der Waals surface area (Å²) in [4.78, 5) is 31.0. The molecule has 1 aliphatic rings. The van der Waals surface area contributed by atoms with Gasteiger partial charge in [-0.1, -0.05) is 50.6 Å². The molecule has 0 radical (unpaired) electrons. The number of carbonyl (C=O) groups excluding carboxylic acids is 1. The van der Waals surface area contributed by atoms with Crippen molar-refractivity contribution in [2.45, 2.75) is 33.2 Å². The Balaban J connectivity index is 1.87. The Morgan fingerprint density at radius 3 is 2.39 bits per heavy atom. The predicted octanol–water partition coefficient (Wildman–Crippen LogP) is 4.90. The number of benzene rings is 2. The van der Waals surface area contributed by atoms with Crippen molar-refractivity contribution in [2.24, 2.45) is 0 Å². The molecular formula is C25H27ClN2O3. The van der Waals surface area contributed by atoms with Crippen molar-refractivity contribution in [1.29, 1.82) is 0 Å². The summed E-state index contributed by atoms with van der Waals surface area (Å²) in [5.74, 6) is -0.0816. The van der Waals surface area contributed by atoms with Gasteiger partial charge in [-0.3, -0.25) is 9.59 Å². The van der Waals surface area contributed by atoms with E-state index in [2.05, 4.69) is 18.7 Å². The molecule has 31 heavy (non-hydrogen) atoms. The zero-order chi connectivity index (χ0) is 22.1. The van der Waals surface area contributed by atoms with Crippen molar-refractivity contribution in [2.75, 3.05) is 26.2 Å². The zero-order valence-electron chi connectivity index (χ0n) is 18.2. The van der Waals surface area contributed by atoms with Crippen LogP contribution in [0.5, 0.6) is 0 Å². The first kappa shape index (κ1) is 21.6. The van der Waals surface area contributed by atoms with Gasteiger partial charge in [-0.2, -0.15) is 0 Å². The molecule has 6 heteroatoms. The van der Waals surface area contributed by atoms with Gasteiger partial charge in [0.05, 0.1) is 17.0 Å². The largest absolute Gasteiger partial charge is 0.450 e. The van der Waals surface area contributed by atoms with Crippen molar-refractivity contribution in [1.82, 2.24) is 9.80 Å². The van der Waals surface area contributed by atoms with E-state index in [4.69, 9.17) is 16.0 Å². The SMILES string of the molecule is CCc1ccc2oc3c(c(=O)c2c1)C(c1ccc(Cl)cc1)N(CCN(CC)CC)C3=O. The number of nitrogens with zero attached hydrogens (tertiary/aromatic N) is 2. The fraction of sp³-hybridized carbons (Fsp3) is 0.360. The molecule has 1 amide bonds. The molecular weight excluding hydrogens is 412 g/mol. The van der Waals surface area contributed by atoms with Gasteiger partial charge in [-0.05, 0) is 54.9 Å². The van der Waals surface area contributed by atoms with Crippen LogP contribution in [-0.2, 0) is 6.42 Å². The van der Waals surface area contributed by atoms with E-state index < -0.39 is 6.04 Å². The molecule has 162 valence electrons. The molecule has 4 rings (SSSR count). The third-order valence-electron chi connectivity index (χ3n) is 6.18. The fourth-order valence-corrected chi connectivity index (χ4v) is 4.42. The van der Waals surface area contributed by atoms with E-state index in [1.54, 1.807) is 23.1 Å². The topological polar surface area (TPSA) is 53.8 Å². The first-order valence-electron chi connectivity index (χ1n) is 10.9. The second-order valence-electron chi connectivity index (χ2n) is 7.84. The lowest BCUT2D eigenvalue weighted by Gasteiger charge is -2.28. The molecule has 0 saturated heterocycles. The monoisotopic (exact) mass is 438 g/mol. The van der Waals surface area contributed by atoms with Gasteiger partial charge in [0, 0.05) is 18.1 Å². The maximum Gasteiger partial charge on any atom is 0.290 e. The summed E-state index contributed by atoms with van der Waals surface area (Å²) in [6.45, 7) is 9.28. The molecule has 1 unspecified atom stereocenters. The van der Waals surface area contributed by atoms with Gasteiger partial charge in [0.1, 0.15) is 5.58 Å². The molecule has 0 N–H and O–H groups in total. The van der Waals surface area contributed by atoms with Crippen molar-refractivity contribution in [3.05, 3.63) is 80.2 Å². The number of fused-ring (bicyclic) bond motifs is 2. The highest BCUT2D eigenvalue weighted by Gasteiger charge is 2.42. The van der Waals surface area contributed by atoms with Crippen LogP contribution in [0.3, 0.4) is 0 Å². The van der Waals surface area contributed by atoms with Gasteiger partial charge in [0.15, 0.2) is 5.43 Å². The van der Waals surface area contributed by atoms with Gasteiger partial charge >= 0.3 is 0 Å². The van der Waals surface area contributed by atoms with E-state index in [1.165, 1.54) is 0 Å². The first-order chi connectivity index (χ1) is 15.0. The van der Waals surface area contributed by atoms with E-state index >= 15 is 0 Å². The lowest BCUT2D eigenvalue weighted by atomic mass is 9.98. The second kappa shape index (κ2) is 8.85. The van der Waals surface area contributed by atoms with Crippen LogP contribution in [0.2, 0.25) is 5.02 Å². The van der Waals surface area contributed by atoms with Crippen molar-refractivity contribution < 1.29 is 9.21 Å². The summed E-state index contributed by atoms with van der Waals surface area (Å²) in [5.41, 5.74) is 2.66. The molecule has 1 atom stereocenters. The molecule has 2 heterocycles. The quantitative estimate of drug-likeness (QED) is 0.526. The number of likely N-dealkylation sites (N-methyl/N-ethyl adjacent to an activating group) is 1. The maximum atomic E-state index is 13.6. The summed E-state index contributed by atoms with van der Waals surface area (Å²) in [7, 11) is 0. The van der Waals surface area contributed by atoms with Crippen LogP contribution in [0.4, 0.5) is 0 Å². The highest BCUT2D eigenvalue weighted by Crippen LogP contribution is 2.38. The molecule has 1 aromatic heterocycles. The minimum Gasteiger partial charge on any atom is -0.450 e. The van der Waals surface area contributed by atoms with Crippen LogP contribution in [-0.4, -0.2) is 41.9 Å². The third-order valence-corrected chi connectivity index (χ3v) is 6.43. The first-order valence-corrected chi connectivity index (χ1v) is 11.2. The van der Waals surface area contributed by atoms with Gasteiger partial charge in [0.2, 0.25) is 5.76 Å². The lowest BCUT2D eigenvalue weighted by molar-refractivity contribution is 0.0708. The number of aryl methyl sites for hydroxylation is 1. The third kappa shape index (κ3) is 3.88. The van der Waals surface area contributed by atoms with E-state index in [0.717, 1.165) is 37.2 Å². The standard InChI is InChI=1S/C25H27ClN2O3/c1-4-16-7-12-20-19(15-16)23(29)21-22(17-8-10-18(26)11-9-17)28(25(30)24(21)31-20)14-13-27(5-2)6-3/h7-12,15,22H,4-6,13-14H2,1-3H3. The zero-order valence-corrected chi connectivity index (χ0v) is 18.9. The minimum absolute atomic E-state index is 0.134. The Labute approximate surface area is 187 Å². The van der Waals surface area contributed by atoms with Crippen molar-refractivity contribution in [3.8, 4) is 0 Å². The average Bonchev–Trinajstić information content (AvgIpc) is 3.07. The molecule has 0 bridgehead atoms. The van der Waals surface area contributed by atoms with Crippen LogP contribution in [0, 0.1) is 0 Å². The van der Waals surface area contributed by atoms with Crippen LogP contribution in [0.25, 0.3) is 11.0 Å². The van der Waals surface area contributed by atoms with Gasteiger partial charge in [-0.25, -0.2) is 0 Å². The van der Waals surface area contributed by atoms with Gasteiger partial charge < -0.3 is 14.2 Å². The summed E-state index contributed by atoms with van der Waals surface area (Å²) in [6.07, 6.45) is 0.821. The molecule has 1 aliphatic heterocycles. The Hall–Kier alpha value is -2.63. The molecule has 3 aromatic rings. The summed E-state index contributed by atoms with van der Waals surface area (Å²) >= 11 is 6.10. The fourth-order valence-electron chi connectivity index (χ4n) is 4.30. The van der Waals surface area contributed by atoms with Crippen molar-refractivity contribution >= 4 is 28.5 Å². The molecule has 0 aliphatic carbocycles. The lowest BCUT2D eigenvalue weighted by Crippen LogP contribution is -2.37. The van der Waals surface area contributed by atoms with E-state index in [0.29, 0.717) is 28.1 Å². The van der Waals surface area contributed by atoms with E-state index in [-0.39, 0.29) is 17.1 Å². The highest BCUT2D eigenvalue weighted by molar-refractivity contribution is 6.30. The number of rotatable bonds is 7. The summed E-state index contributed by atoms with van der Waals surface area (Å²) in [6, 6.07) is 12.5. The molecule has 0 saturated carbocycles. The van der Waals surface area contributed by atoms with Crippen molar-refractivity contribution in [3.63, 3.8) is 0 Å². The predicted molar refractivity (Wildman–Crippen MR) is 124 cm³/mol. The highest BCUT2D eigenvalue weighted by atomic mass is 35.5. The minimum atomic E-state index is -0.485. The molecule has 5 nitrogen and oxygen atoms in total. The Bertz CT molecular complexity index is 1170. The Kier molecular flexibility index (Phi) is 6.17. The average molecular weight is 439 g/mol. The number of amides is 1. The van der Waals surface area contributed by atoms with Crippen LogP contribution < -0.4 is 5.43 Å². The second-order valence-corrected chi connectivity index (χ2v) is 8.27. The Morgan fingerprint density at radius 2 is 1.74 bits per heavy atom. The number of hydrogen-bond donors (Lipinski definition) is 0. The van der Waals surface area contributed by atoms with Crippen LogP contribution in [0.1, 0.15) is 54.1 Å². The molecule has 0 spiro atoms. The summed E-state index contributed by atoms with van der Waals surface area (Å²) < 4.78 is 6.03. The molecule has 2 aromatic carbocycles. The van der Waals surface area contributed by atoms with E-state index in [1.807, 2.05) is 31.2 Å². The smallest absolute Gasteiger partial charge is 0.290 e. The van der Waals surface area contributed by atoms with Gasteiger partial charge in [0.25, 0.3) is 5.91 Å². The van der Waals surface area contributed by atoms with Gasteiger partial charge in [-0.15, -0.1) is 0 Å². The normalized spacial score (nSPS) is 15.8. The Morgan fingerprint density at radius 1 is 1.03 bits per heavy atom.